The van der Waals surface area contributed by atoms with E-state index >= 15 is 0 Å². The number of hydrogen-bond donors (Lipinski definition) is 3. The van der Waals surface area contributed by atoms with Gasteiger partial charge in [-0.25, -0.2) is 19.2 Å². The smallest absolute Gasteiger partial charge is 0.410 e. The first kappa shape index (κ1) is 59.4. The second-order valence-electron chi connectivity index (χ2n) is 25.8. The maximum absolute atomic E-state index is 14.1. The van der Waals surface area contributed by atoms with Crippen LogP contribution in [0, 0.1) is 17.8 Å². The van der Waals surface area contributed by atoms with Gasteiger partial charge < -0.3 is 54.5 Å². The first-order chi connectivity index (χ1) is 36.5. The summed E-state index contributed by atoms with van der Waals surface area (Å²) >= 11 is 0. The molecule has 4 aliphatic heterocycles. The van der Waals surface area contributed by atoms with Gasteiger partial charge in [-0.2, -0.15) is 0 Å². The van der Waals surface area contributed by atoms with Gasteiger partial charge >= 0.3 is 24.4 Å². The number of amides is 7. The van der Waals surface area contributed by atoms with Gasteiger partial charge in [-0.05, 0) is 150 Å². The molecular formula is C59H93N7O11. The lowest BCUT2D eigenvalue weighted by Crippen LogP contribution is -2.56. The van der Waals surface area contributed by atoms with E-state index in [9.17, 15) is 33.6 Å². The van der Waals surface area contributed by atoms with Crippen LogP contribution in [0.15, 0.2) is 30.3 Å². The van der Waals surface area contributed by atoms with Crippen LogP contribution < -0.4 is 16.0 Å². The monoisotopic (exact) mass is 1080 g/mol. The molecule has 7 amide bonds. The van der Waals surface area contributed by atoms with Gasteiger partial charge in [0.05, 0.1) is 24.2 Å². The van der Waals surface area contributed by atoms with Crippen molar-refractivity contribution in [2.75, 3.05) is 26.2 Å². The van der Waals surface area contributed by atoms with E-state index < -0.39 is 53.2 Å². The molecule has 0 unspecified atom stereocenters. The molecule has 7 fully saturated rings. The summed E-state index contributed by atoms with van der Waals surface area (Å²) in [6.07, 6.45) is 16.1. The molecule has 7 aliphatic rings. The molecule has 3 aliphatic carbocycles. The Morgan fingerprint density at radius 3 is 1.01 bits per heavy atom. The standard InChI is InChI=1S/C32H54N4O6.C27H39N3O5/c1-31(2,3)41-29(39)33-25(21-13-9-7-10-14-21)27(37)35-19-17-24-23(35)18-20-36(24)28(38)26(22-15-11-8-12-16-22)34-30(40)42-32(4,5)6;1-27(2,3)35-25(32)28-23(20-12-8-5-9-13-20)24(31)29-16-14-22-21(29)15-17-30(22)26(33)34-18-19-10-6-4-7-11-19/h21-26H,7-20H2,1-6H3,(H,33,39)(H,34,40);4,6-7,10-11,20-23H,5,8-9,12-18H2,1-3H3,(H,28,32)/t23-,24-,25+,26+;21-,22-,23+/m11/s1. The van der Waals surface area contributed by atoms with E-state index in [2.05, 4.69) is 16.0 Å². The van der Waals surface area contributed by atoms with Gasteiger partial charge in [0, 0.05) is 26.2 Å². The number of nitrogens with one attached hydrogen (secondary N) is 3. The summed E-state index contributed by atoms with van der Waals surface area (Å²) in [7, 11) is 0. The minimum absolute atomic E-state index is 0.0432. The third kappa shape index (κ3) is 16.4. The maximum atomic E-state index is 14.1. The number of hydrogen-bond acceptors (Lipinski definition) is 11. The summed E-state index contributed by atoms with van der Waals surface area (Å²) in [5, 5.41) is 8.80. The van der Waals surface area contributed by atoms with Crippen molar-refractivity contribution in [2.45, 2.75) is 250 Å². The average molecular weight is 1080 g/mol. The van der Waals surface area contributed by atoms with E-state index in [-0.39, 0.29) is 72.3 Å². The number of alkyl carbamates (subject to hydrolysis) is 3. The lowest BCUT2D eigenvalue weighted by atomic mass is 9.83. The minimum atomic E-state index is -0.655. The molecule has 1 aromatic rings. The fourth-order valence-corrected chi connectivity index (χ4v) is 13.2. The highest BCUT2D eigenvalue weighted by Crippen LogP contribution is 2.38. The van der Waals surface area contributed by atoms with Crippen molar-refractivity contribution in [3.63, 3.8) is 0 Å². The van der Waals surface area contributed by atoms with Crippen LogP contribution in [-0.4, -0.2) is 147 Å². The van der Waals surface area contributed by atoms with Crippen LogP contribution in [0.3, 0.4) is 0 Å². The molecule has 18 heteroatoms. The second-order valence-corrected chi connectivity index (χ2v) is 25.8. The quantitative estimate of drug-likeness (QED) is 0.178. The number of fused-ring (bicyclic) bond motifs is 2. The Bertz CT molecular complexity index is 2100. The molecule has 4 heterocycles. The van der Waals surface area contributed by atoms with Crippen molar-refractivity contribution in [3.05, 3.63) is 35.9 Å². The predicted molar refractivity (Wildman–Crippen MR) is 291 cm³/mol. The molecule has 0 radical (unpaired) electrons. The number of rotatable bonds is 11. The molecule has 3 saturated carbocycles. The summed E-state index contributed by atoms with van der Waals surface area (Å²) in [5.74, 6) is 0.0813. The molecule has 7 atom stereocenters. The van der Waals surface area contributed by atoms with E-state index in [1.165, 1.54) is 0 Å². The third-order valence-electron chi connectivity index (χ3n) is 16.6. The van der Waals surface area contributed by atoms with Crippen LogP contribution in [0.25, 0.3) is 0 Å². The third-order valence-corrected chi connectivity index (χ3v) is 16.6. The van der Waals surface area contributed by atoms with Gasteiger partial charge in [0.15, 0.2) is 0 Å². The second kappa shape index (κ2) is 26.1. The Hall–Kier alpha value is -5.29. The van der Waals surface area contributed by atoms with Crippen LogP contribution in [0.1, 0.15) is 190 Å². The number of benzene rings is 1. The number of ether oxygens (including phenoxy) is 4. The molecule has 0 spiro atoms. The van der Waals surface area contributed by atoms with Crippen LogP contribution >= 0.6 is 0 Å². The molecule has 8 rings (SSSR count). The van der Waals surface area contributed by atoms with Crippen LogP contribution in [-0.2, 0) is 39.9 Å². The van der Waals surface area contributed by atoms with Crippen molar-refractivity contribution >= 4 is 42.1 Å². The van der Waals surface area contributed by atoms with E-state index in [1.807, 2.05) is 107 Å². The van der Waals surface area contributed by atoms with Crippen LogP contribution in [0.5, 0.6) is 0 Å². The van der Waals surface area contributed by atoms with Gasteiger partial charge in [0.25, 0.3) is 0 Å². The maximum Gasteiger partial charge on any atom is 0.410 e. The Kier molecular flexibility index (Phi) is 20.1. The van der Waals surface area contributed by atoms with E-state index in [0.29, 0.717) is 39.0 Å². The lowest BCUT2D eigenvalue weighted by Gasteiger charge is -2.36. The van der Waals surface area contributed by atoms with Crippen molar-refractivity contribution in [2.24, 2.45) is 17.8 Å². The summed E-state index contributed by atoms with van der Waals surface area (Å²) in [6.45, 7) is 18.8. The largest absolute Gasteiger partial charge is 0.445 e. The molecule has 3 N–H and O–H groups in total. The topological polar surface area (TPSA) is 205 Å². The highest BCUT2D eigenvalue weighted by molar-refractivity contribution is 5.89. The summed E-state index contributed by atoms with van der Waals surface area (Å²) in [4.78, 5) is 101. The number of carbonyl (C=O) groups is 7. The average Bonchev–Trinajstić information content (AvgIpc) is 4.22. The van der Waals surface area contributed by atoms with E-state index in [0.717, 1.165) is 115 Å². The lowest BCUT2D eigenvalue weighted by molar-refractivity contribution is -0.138. The number of likely N-dealkylation sites (tertiary alicyclic amines) is 4. The van der Waals surface area contributed by atoms with E-state index in [4.69, 9.17) is 18.9 Å². The number of carbonyl (C=O) groups excluding carboxylic acids is 7. The molecular weight excluding hydrogens is 983 g/mol. The normalized spacial score (nSPS) is 24.5. The van der Waals surface area contributed by atoms with Crippen molar-refractivity contribution in [3.8, 4) is 0 Å². The van der Waals surface area contributed by atoms with Gasteiger partial charge in [-0.1, -0.05) is 88.1 Å². The van der Waals surface area contributed by atoms with Crippen molar-refractivity contribution < 1.29 is 52.5 Å². The zero-order chi connectivity index (χ0) is 55.7. The SMILES string of the molecule is CC(C)(C)OC(=O)N[C@H](C(=O)N1CC[C@@H]2[C@H]1CCN2C(=O)OCc1ccccc1)C1CCCCC1.CC(C)(C)OC(=O)N[C@H](C(=O)N1CC[C@@H]2[C@H]1CCN2C(=O)[C@@H](NC(=O)OC(C)(C)C)C1CCCCC1)C1CCCCC1. The molecule has 77 heavy (non-hydrogen) atoms. The van der Waals surface area contributed by atoms with Crippen molar-refractivity contribution in [1.82, 2.24) is 35.6 Å². The Morgan fingerprint density at radius 2 is 0.714 bits per heavy atom. The zero-order valence-corrected chi connectivity index (χ0v) is 47.9. The Balaban J connectivity index is 0.000000227. The minimum Gasteiger partial charge on any atom is -0.445 e. The Morgan fingerprint density at radius 1 is 0.429 bits per heavy atom. The van der Waals surface area contributed by atoms with Gasteiger partial charge in [0.1, 0.15) is 41.5 Å². The highest BCUT2D eigenvalue weighted by atomic mass is 16.6. The first-order valence-electron chi connectivity index (χ1n) is 29.3. The molecule has 430 valence electrons. The zero-order valence-electron chi connectivity index (χ0n) is 47.9. The predicted octanol–water partition coefficient (Wildman–Crippen LogP) is 9.61. The van der Waals surface area contributed by atoms with Crippen LogP contribution in [0.2, 0.25) is 0 Å². The molecule has 0 aromatic heterocycles. The molecule has 1 aromatic carbocycles. The van der Waals surface area contributed by atoms with Crippen molar-refractivity contribution in [1.29, 1.82) is 0 Å². The fourth-order valence-electron chi connectivity index (χ4n) is 13.2. The fraction of sp³-hybridized carbons (Fsp3) is 0.780. The summed E-state index contributed by atoms with van der Waals surface area (Å²) < 4.78 is 22.1. The Labute approximate surface area is 458 Å². The van der Waals surface area contributed by atoms with E-state index in [1.54, 1.807) is 4.90 Å². The molecule has 4 saturated heterocycles. The first-order valence-corrected chi connectivity index (χ1v) is 29.3. The molecule has 0 bridgehead atoms. The van der Waals surface area contributed by atoms with Crippen LogP contribution in [0.4, 0.5) is 19.2 Å². The van der Waals surface area contributed by atoms with Gasteiger partial charge in [-0.3, -0.25) is 14.4 Å². The van der Waals surface area contributed by atoms with Gasteiger partial charge in [-0.15, -0.1) is 0 Å². The number of nitrogens with zero attached hydrogens (tertiary/aromatic N) is 4. The molecule has 18 nitrogen and oxygen atoms in total. The summed E-state index contributed by atoms with van der Waals surface area (Å²) in [5.41, 5.74) is -0.993. The van der Waals surface area contributed by atoms with Gasteiger partial charge in [0.2, 0.25) is 17.7 Å². The highest BCUT2D eigenvalue weighted by Gasteiger charge is 2.52. The summed E-state index contributed by atoms with van der Waals surface area (Å²) in [6, 6.07) is 7.49.